The van der Waals surface area contributed by atoms with E-state index in [0.717, 1.165) is 5.56 Å². The number of aliphatic carboxylic acids is 1. The number of hydrogen-bond acceptors (Lipinski definition) is 2. The third-order valence-electron chi connectivity index (χ3n) is 1.53. The molecule has 0 saturated carbocycles. The van der Waals surface area contributed by atoms with Crippen molar-refractivity contribution in [2.24, 2.45) is 0 Å². The third-order valence-corrected chi connectivity index (χ3v) is 1.53. The smallest absolute Gasteiger partial charge is 2.00 e. The van der Waals surface area contributed by atoms with Crippen LogP contribution < -0.4 is 0 Å². The Hall–Kier alpha value is -1.14. The van der Waals surface area contributed by atoms with Gasteiger partial charge in [-0.3, -0.25) is 0 Å². The van der Waals surface area contributed by atoms with Gasteiger partial charge in [-0.1, -0.05) is 30.3 Å². The van der Waals surface area contributed by atoms with Crippen molar-refractivity contribution in [1.82, 2.24) is 0 Å². The van der Waals surface area contributed by atoms with Crippen LogP contribution in [0.2, 0.25) is 0 Å². The van der Waals surface area contributed by atoms with E-state index >= 15 is 0 Å². The molecule has 0 amide bonds. The van der Waals surface area contributed by atoms with Gasteiger partial charge in [0.25, 0.3) is 0 Å². The SMILES string of the molecule is COC(=Cc1ccccc1)C(=O)O.[O-2].[O-2].[Ti+4]. The van der Waals surface area contributed by atoms with Gasteiger partial charge in [-0.2, -0.15) is 0 Å². The Balaban J connectivity index is -0.000000563. The maximum Gasteiger partial charge on any atom is 4.00 e. The Kier molecular flexibility index (Phi) is 13.2. The molecule has 84 valence electrons. The quantitative estimate of drug-likeness (QED) is 0.504. The maximum absolute atomic E-state index is 10.5. The molecule has 0 fully saturated rings. The molecule has 1 rings (SSSR count). The van der Waals surface area contributed by atoms with E-state index in [0.29, 0.717) is 0 Å². The van der Waals surface area contributed by atoms with Crippen LogP contribution in [0.4, 0.5) is 0 Å². The Morgan fingerprint density at radius 2 is 1.75 bits per heavy atom. The largest absolute Gasteiger partial charge is 4.00 e. The van der Waals surface area contributed by atoms with Gasteiger partial charge in [0.15, 0.2) is 0 Å². The van der Waals surface area contributed by atoms with E-state index in [4.69, 9.17) is 5.11 Å². The van der Waals surface area contributed by atoms with Crippen molar-refractivity contribution >= 4 is 12.0 Å². The van der Waals surface area contributed by atoms with E-state index in [2.05, 4.69) is 4.74 Å². The van der Waals surface area contributed by atoms with Gasteiger partial charge < -0.3 is 20.8 Å². The molecule has 0 atom stereocenters. The molecule has 0 aliphatic heterocycles. The van der Waals surface area contributed by atoms with Crippen LogP contribution in [-0.4, -0.2) is 18.2 Å². The summed E-state index contributed by atoms with van der Waals surface area (Å²) in [4.78, 5) is 10.5. The standard InChI is InChI=1S/C10H10O3.2O.Ti/c1-13-9(10(11)12)7-8-5-3-2-4-6-8;;;/h2-7H,1H3,(H,11,12);;;/q;2*-2;+4. The summed E-state index contributed by atoms with van der Waals surface area (Å²) in [5, 5.41) is 8.64. The first-order chi connectivity index (χ1) is 6.24. The molecule has 0 heterocycles. The topological polar surface area (TPSA) is 104 Å². The molecule has 0 spiro atoms. The van der Waals surface area contributed by atoms with E-state index in [9.17, 15) is 4.79 Å². The zero-order valence-corrected chi connectivity index (χ0v) is 10.1. The molecule has 0 aromatic heterocycles. The normalized spacial score (nSPS) is 8.94. The number of carbonyl (C=O) groups is 1. The van der Waals surface area contributed by atoms with E-state index in [1.807, 2.05) is 30.3 Å². The van der Waals surface area contributed by atoms with Crippen molar-refractivity contribution in [1.29, 1.82) is 0 Å². The number of methoxy groups -OCH3 is 1. The minimum absolute atomic E-state index is 0. The molecule has 0 bridgehead atoms. The van der Waals surface area contributed by atoms with Gasteiger partial charge in [0.2, 0.25) is 5.76 Å². The molecule has 0 aliphatic rings. The minimum Gasteiger partial charge on any atom is -2.00 e. The predicted molar refractivity (Wildman–Crippen MR) is 50.4 cm³/mol. The van der Waals surface area contributed by atoms with Crippen LogP contribution in [0.5, 0.6) is 0 Å². The summed E-state index contributed by atoms with van der Waals surface area (Å²) in [5.74, 6) is -1.13. The molecule has 0 saturated heterocycles. The Labute approximate surface area is 108 Å². The third kappa shape index (κ3) is 6.37. The molecular formula is C10H10O5Ti. The van der Waals surface area contributed by atoms with Gasteiger partial charge in [-0.25, -0.2) is 4.79 Å². The molecule has 0 radical (unpaired) electrons. The maximum atomic E-state index is 10.5. The van der Waals surface area contributed by atoms with E-state index < -0.39 is 5.97 Å². The summed E-state index contributed by atoms with van der Waals surface area (Å²) >= 11 is 0. The zero-order chi connectivity index (χ0) is 9.68. The van der Waals surface area contributed by atoms with Crippen LogP contribution in [0.1, 0.15) is 5.56 Å². The molecule has 0 unspecified atom stereocenters. The van der Waals surface area contributed by atoms with Crippen LogP contribution >= 0.6 is 0 Å². The monoisotopic (exact) mass is 258 g/mol. The number of ether oxygens (including phenoxy) is 1. The second-order valence-electron chi connectivity index (χ2n) is 2.43. The number of hydrogen-bond donors (Lipinski definition) is 1. The number of rotatable bonds is 3. The predicted octanol–water partition coefficient (Wildman–Crippen LogP) is 1.52. The van der Waals surface area contributed by atoms with Crippen LogP contribution in [0.25, 0.3) is 6.08 Å². The summed E-state index contributed by atoms with van der Waals surface area (Å²) in [5.41, 5.74) is 0.807. The molecule has 0 aliphatic carbocycles. The Morgan fingerprint density at radius 1 is 1.25 bits per heavy atom. The fourth-order valence-corrected chi connectivity index (χ4v) is 0.909. The van der Waals surface area contributed by atoms with Crippen molar-refractivity contribution in [3.8, 4) is 0 Å². The summed E-state index contributed by atoms with van der Waals surface area (Å²) in [6.45, 7) is 0. The fourth-order valence-electron chi connectivity index (χ4n) is 0.909. The Morgan fingerprint density at radius 3 is 2.12 bits per heavy atom. The first-order valence-electron chi connectivity index (χ1n) is 3.78. The van der Waals surface area contributed by atoms with Crippen molar-refractivity contribution < 1.29 is 47.3 Å². The molecule has 6 heteroatoms. The van der Waals surface area contributed by atoms with Gasteiger partial charge in [0.05, 0.1) is 7.11 Å². The number of carboxylic acid groups (broad SMARTS) is 1. The van der Waals surface area contributed by atoms with Gasteiger partial charge in [0.1, 0.15) is 0 Å². The average molecular weight is 258 g/mol. The molecule has 1 aromatic carbocycles. The van der Waals surface area contributed by atoms with Crippen molar-refractivity contribution in [2.75, 3.05) is 7.11 Å². The van der Waals surface area contributed by atoms with Gasteiger partial charge >= 0.3 is 27.7 Å². The van der Waals surface area contributed by atoms with Crippen molar-refractivity contribution in [2.45, 2.75) is 0 Å². The van der Waals surface area contributed by atoms with E-state index in [1.165, 1.54) is 13.2 Å². The summed E-state index contributed by atoms with van der Waals surface area (Å²) < 4.78 is 4.68. The second-order valence-corrected chi connectivity index (χ2v) is 2.43. The zero-order valence-electron chi connectivity index (χ0n) is 8.54. The molecular weight excluding hydrogens is 248 g/mol. The molecule has 1 aromatic rings. The van der Waals surface area contributed by atoms with Gasteiger partial charge in [-0.15, -0.1) is 0 Å². The first-order valence-corrected chi connectivity index (χ1v) is 3.78. The van der Waals surface area contributed by atoms with Crippen molar-refractivity contribution in [3.63, 3.8) is 0 Å². The Bertz CT molecular complexity index is 323. The second kappa shape index (κ2) is 10.4. The van der Waals surface area contributed by atoms with Crippen LogP contribution in [0.15, 0.2) is 36.1 Å². The fraction of sp³-hybridized carbons (Fsp3) is 0.100. The van der Waals surface area contributed by atoms with E-state index in [-0.39, 0.29) is 38.4 Å². The average Bonchev–Trinajstić information content (AvgIpc) is 2.15. The molecule has 5 nitrogen and oxygen atoms in total. The molecule has 1 N–H and O–H groups in total. The summed E-state index contributed by atoms with van der Waals surface area (Å²) in [6, 6.07) is 9.15. The van der Waals surface area contributed by atoms with Gasteiger partial charge in [-0.05, 0) is 11.6 Å². The van der Waals surface area contributed by atoms with Crippen molar-refractivity contribution in [3.05, 3.63) is 41.7 Å². The van der Waals surface area contributed by atoms with E-state index in [1.54, 1.807) is 0 Å². The molecule has 16 heavy (non-hydrogen) atoms. The van der Waals surface area contributed by atoms with Crippen LogP contribution in [-0.2, 0) is 42.2 Å². The number of carboxylic acids is 1. The first kappa shape index (κ1) is 20.3. The number of benzene rings is 1. The summed E-state index contributed by atoms with van der Waals surface area (Å²) in [6.07, 6.45) is 1.47. The van der Waals surface area contributed by atoms with Crippen LogP contribution in [0, 0.1) is 0 Å². The minimum atomic E-state index is -1.06. The van der Waals surface area contributed by atoms with Gasteiger partial charge in [0, 0.05) is 0 Å². The summed E-state index contributed by atoms with van der Waals surface area (Å²) in [7, 11) is 1.34. The van der Waals surface area contributed by atoms with Crippen LogP contribution in [0.3, 0.4) is 0 Å².